The number of rotatable bonds is 6. The predicted octanol–water partition coefficient (Wildman–Crippen LogP) is 3.72. The van der Waals surface area contributed by atoms with Crippen molar-refractivity contribution in [3.05, 3.63) is 35.9 Å². The molecule has 0 aliphatic carbocycles. The minimum Gasteiger partial charge on any atom is -0.397 e. The molecule has 8 N–H and O–H groups in total. The number of amides is 1. The molecule has 0 aliphatic heterocycles. The Morgan fingerprint density at radius 3 is 2.19 bits per heavy atom. The number of carbonyl (C=O) groups excluding carboxylic acids is 1. The number of anilines is 5. The maximum atomic E-state index is 11.2. The molecule has 0 saturated carbocycles. The summed E-state index contributed by atoms with van der Waals surface area (Å²) in [6.07, 6.45) is 0.924. The molecular weight excluding hydrogens is 340 g/mol. The zero-order valence-corrected chi connectivity index (χ0v) is 16.7. The molecule has 0 aliphatic rings. The van der Waals surface area contributed by atoms with Gasteiger partial charge in [-0.2, -0.15) is 0 Å². The highest BCUT2D eigenvalue weighted by molar-refractivity contribution is 5.93. The maximum Gasteiger partial charge on any atom is 0.248 e. The van der Waals surface area contributed by atoms with Crippen molar-refractivity contribution in [2.45, 2.75) is 46.6 Å². The number of hydrogen-bond acceptors (Lipinski definition) is 6. The van der Waals surface area contributed by atoms with Gasteiger partial charge in [-0.25, -0.2) is 4.98 Å². The molecule has 1 amide bonds. The van der Waals surface area contributed by atoms with Crippen LogP contribution in [0.4, 0.5) is 28.7 Å². The molecule has 0 bridgehead atoms. The fourth-order valence-electron chi connectivity index (χ4n) is 3.29. The van der Waals surface area contributed by atoms with Gasteiger partial charge in [0.05, 0.1) is 11.4 Å². The highest BCUT2D eigenvalue weighted by Crippen LogP contribution is 2.34. The SMILES string of the molecule is CC(C)(C)CC(C)(C)Nc1nc(Nc2ccc(C(N)=O)cc2)cc(N)c1N. The summed E-state index contributed by atoms with van der Waals surface area (Å²) in [4.78, 5) is 15.8. The van der Waals surface area contributed by atoms with Crippen molar-refractivity contribution in [2.24, 2.45) is 11.1 Å². The Labute approximate surface area is 160 Å². The van der Waals surface area contributed by atoms with E-state index >= 15 is 0 Å². The Balaban J connectivity index is 2.26. The van der Waals surface area contributed by atoms with E-state index in [2.05, 4.69) is 50.2 Å². The molecule has 7 heteroatoms. The largest absolute Gasteiger partial charge is 0.397 e. The van der Waals surface area contributed by atoms with Gasteiger partial charge in [0.1, 0.15) is 5.82 Å². The van der Waals surface area contributed by atoms with Gasteiger partial charge in [0, 0.05) is 22.9 Å². The fraction of sp³-hybridized carbons (Fsp3) is 0.400. The van der Waals surface area contributed by atoms with Crippen LogP contribution in [0.2, 0.25) is 0 Å². The van der Waals surface area contributed by atoms with E-state index in [1.807, 2.05) is 0 Å². The third-order valence-corrected chi connectivity index (χ3v) is 3.96. The standard InChI is InChI=1S/C20H30N6O/c1-19(2,3)11-20(4,5)26-18-16(22)14(21)10-15(25-18)24-13-8-6-12(7-9-13)17(23)27/h6-10H,11,22H2,1-5H3,(H2,23,27)(H4,21,24,25,26). The number of benzene rings is 1. The number of nitrogens with two attached hydrogens (primary N) is 3. The van der Waals surface area contributed by atoms with Gasteiger partial charge < -0.3 is 27.8 Å². The number of carbonyl (C=O) groups is 1. The Kier molecular flexibility index (Phi) is 5.54. The molecule has 27 heavy (non-hydrogen) atoms. The zero-order chi connectivity index (χ0) is 20.4. The van der Waals surface area contributed by atoms with Gasteiger partial charge in [-0.3, -0.25) is 4.79 Å². The summed E-state index contributed by atoms with van der Waals surface area (Å²) >= 11 is 0. The van der Waals surface area contributed by atoms with Crippen LogP contribution in [0.15, 0.2) is 30.3 Å². The van der Waals surface area contributed by atoms with Crippen LogP contribution in [-0.4, -0.2) is 16.4 Å². The third-order valence-electron chi connectivity index (χ3n) is 3.96. The number of nitrogen functional groups attached to an aromatic ring is 2. The third kappa shape index (κ3) is 5.77. The monoisotopic (exact) mass is 370 g/mol. The number of aromatic nitrogens is 1. The van der Waals surface area contributed by atoms with Gasteiger partial charge in [-0.05, 0) is 49.9 Å². The summed E-state index contributed by atoms with van der Waals surface area (Å²) in [7, 11) is 0. The first-order chi connectivity index (χ1) is 12.4. The first-order valence-electron chi connectivity index (χ1n) is 8.87. The molecule has 0 unspecified atom stereocenters. The highest BCUT2D eigenvalue weighted by Gasteiger charge is 2.26. The molecule has 1 aromatic heterocycles. The van der Waals surface area contributed by atoms with Crippen LogP contribution < -0.4 is 27.8 Å². The van der Waals surface area contributed by atoms with E-state index in [-0.39, 0.29) is 11.0 Å². The van der Waals surface area contributed by atoms with E-state index in [1.165, 1.54) is 0 Å². The quantitative estimate of drug-likeness (QED) is 0.526. The highest BCUT2D eigenvalue weighted by atomic mass is 16.1. The molecule has 0 saturated heterocycles. The van der Waals surface area contributed by atoms with Crippen molar-refractivity contribution in [2.75, 3.05) is 22.1 Å². The number of primary amides is 1. The summed E-state index contributed by atoms with van der Waals surface area (Å²) in [6, 6.07) is 8.49. The summed E-state index contributed by atoms with van der Waals surface area (Å²) < 4.78 is 0. The fourth-order valence-corrected chi connectivity index (χ4v) is 3.29. The molecular formula is C20H30N6O. The van der Waals surface area contributed by atoms with Gasteiger partial charge >= 0.3 is 0 Å². The van der Waals surface area contributed by atoms with Gasteiger partial charge in [0.15, 0.2) is 5.82 Å². The second-order valence-electron chi connectivity index (χ2n) is 8.67. The van der Waals surface area contributed by atoms with E-state index in [9.17, 15) is 4.79 Å². The molecule has 0 fully saturated rings. The van der Waals surface area contributed by atoms with E-state index in [1.54, 1.807) is 30.3 Å². The van der Waals surface area contributed by atoms with Crippen LogP contribution in [0, 0.1) is 5.41 Å². The van der Waals surface area contributed by atoms with Gasteiger partial charge in [-0.15, -0.1) is 0 Å². The number of nitrogens with zero attached hydrogens (tertiary/aromatic N) is 1. The topological polar surface area (TPSA) is 132 Å². The lowest BCUT2D eigenvalue weighted by atomic mass is 9.82. The minimum atomic E-state index is -0.469. The number of pyridine rings is 1. The second-order valence-corrected chi connectivity index (χ2v) is 8.67. The van der Waals surface area contributed by atoms with Crippen molar-refractivity contribution in [3.63, 3.8) is 0 Å². The average molecular weight is 371 g/mol. The van der Waals surface area contributed by atoms with Crippen LogP contribution in [0.1, 0.15) is 51.4 Å². The van der Waals surface area contributed by atoms with Crippen molar-refractivity contribution in [1.82, 2.24) is 4.98 Å². The smallest absolute Gasteiger partial charge is 0.248 e. The molecule has 1 aromatic carbocycles. The van der Waals surface area contributed by atoms with Crippen LogP contribution in [0.3, 0.4) is 0 Å². The molecule has 2 rings (SSSR count). The van der Waals surface area contributed by atoms with Crippen molar-refractivity contribution in [1.29, 1.82) is 0 Å². The lowest BCUT2D eigenvalue weighted by molar-refractivity contribution is 0.100. The Morgan fingerprint density at radius 1 is 1.07 bits per heavy atom. The van der Waals surface area contributed by atoms with E-state index in [4.69, 9.17) is 17.2 Å². The van der Waals surface area contributed by atoms with Crippen LogP contribution in [-0.2, 0) is 0 Å². The molecule has 146 valence electrons. The Morgan fingerprint density at radius 2 is 1.67 bits per heavy atom. The lowest BCUT2D eigenvalue weighted by Gasteiger charge is -2.34. The summed E-state index contributed by atoms with van der Waals surface area (Å²) in [5.41, 5.74) is 19.5. The molecule has 1 heterocycles. The van der Waals surface area contributed by atoms with Crippen LogP contribution in [0.5, 0.6) is 0 Å². The summed E-state index contributed by atoms with van der Waals surface area (Å²) in [6.45, 7) is 10.8. The zero-order valence-electron chi connectivity index (χ0n) is 16.7. The number of hydrogen-bond donors (Lipinski definition) is 5. The maximum absolute atomic E-state index is 11.2. The van der Waals surface area contributed by atoms with Gasteiger partial charge in [0.25, 0.3) is 0 Å². The Hall–Kier alpha value is -2.96. The van der Waals surface area contributed by atoms with E-state index in [0.29, 0.717) is 28.6 Å². The van der Waals surface area contributed by atoms with E-state index in [0.717, 1.165) is 12.1 Å². The first kappa shape index (κ1) is 20.4. The van der Waals surface area contributed by atoms with Gasteiger partial charge in [-0.1, -0.05) is 20.8 Å². The van der Waals surface area contributed by atoms with Crippen molar-refractivity contribution >= 4 is 34.6 Å². The summed E-state index contributed by atoms with van der Waals surface area (Å²) in [5, 5.41) is 6.59. The number of nitrogens with one attached hydrogen (secondary N) is 2. The predicted molar refractivity (Wildman–Crippen MR) is 113 cm³/mol. The normalized spacial score (nSPS) is 11.9. The molecule has 0 atom stereocenters. The molecule has 0 spiro atoms. The first-order valence-corrected chi connectivity index (χ1v) is 8.87. The van der Waals surface area contributed by atoms with E-state index < -0.39 is 5.91 Å². The molecule has 7 nitrogen and oxygen atoms in total. The lowest BCUT2D eigenvalue weighted by Crippen LogP contribution is -2.36. The van der Waals surface area contributed by atoms with Crippen LogP contribution >= 0.6 is 0 Å². The van der Waals surface area contributed by atoms with Crippen molar-refractivity contribution < 1.29 is 4.79 Å². The van der Waals surface area contributed by atoms with Crippen molar-refractivity contribution in [3.8, 4) is 0 Å². The Bertz CT molecular complexity index is 822. The van der Waals surface area contributed by atoms with Gasteiger partial charge in [0.2, 0.25) is 5.91 Å². The van der Waals surface area contributed by atoms with Crippen LogP contribution in [0.25, 0.3) is 0 Å². The second kappa shape index (κ2) is 7.34. The summed E-state index contributed by atoms with van der Waals surface area (Å²) in [5.74, 6) is 0.632. The average Bonchev–Trinajstić information content (AvgIpc) is 2.50. The molecule has 2 aromatic rings. The minimum absolute atomic E-state index is 0.148. The molecule has 0 radical (unpaired) electrons.